The van der Waals surface area contributed by atoms with Crippen molar-refractivity contribution < 1.29 is 22.7 Å². The lowest BCUT2D eigenvalue weighted by atomic mass is 10.1. The van der Waals surface area contributed by atoms with Crippen LogP contribution in [0.3, 0.4) is 0 Å². The van der Waals surface area contributed by atoms with Crippen molar-refractivity contribution in [3.63, 3.8) is 0 Å². The second-order valence-electron chi connectivity index (χ2n) is 5.46. The number of carbonyl (C=O) groups is 1. The molecule has 3 rings (SSSR count). The van der Waals surface area contributed by atoms with Crippen LogP contribution >= 0.6 is 11.3 Å². The number of sulfonamides is 1. The summed E-state index contributed by atoms with van der Waals surface area (Å²) in [5, 5.41) is 4.66. The number of ether oxygens (including phenoxy) is 2. The molecular formula is C18H17N3O5S2. The summed E-state index contributed by atoms with van der Waals surface area (Å²) in [5.74, 6) is 0.339. The minimum absolute atomic E-state index is 0.0552. The zero-order valence-electron chi connectivity index (χ0n) is 15.0. The molecule has 0 aliphatic heterocycles. The van der Waals surface area contributed by atoms with E-state index in [9.17, 15) is 13.2 Å². The fraction of sp³-hybridized carbons (Fsp3) is 0.111. The first-order chi connectivity index (χ1) is 13.4. The monoisotopic (exact) mass is 419 g/mol. The van der Waals surface area contributed by atoms with Gasteiger partial charge in [-0.05, 0) is 36.4 Å². The molecule has 1 amide bonds. The van der Waals surface area contributed by atoms with E-state index in [-0.39, 0.29) is 10.0 Å². The molecule has 2 aromatic carbocycles. The fourth-order valence-electron chi connectivity index (χ4n) is 2.43. The highest BCUT2D eigenvalue weighted by molar-refractivity contribution is 7.93. The second-order valence-corrected chi connectivity index (χ2v) is 8.04. The van der Waals surface area contributed by atoms with Crippen LogP contribution in [0.25, 0.3) is 0 Å². The van der Waals surface area contributed by atoms with E-state index in [0.717, 1.165) is 0 Å². The summed E-state index contributed by atoms with van der Waals surface area (Å²) in [6.45, 7) is 0. The number of methoxy groups -OCH3 is 2. The summed E-state index contributed by atoms with van der Waals surface area (Å²) in [7, 11) is -0.819. The minimum atomic E-state index is -3.75. The van der Waals surface area contributed by atoms with Gasteiger partial charge in [-0.15, -0.1) is 11.3 Å². The van der Waals surface area contributed by atoms with Gasteiger partial charge in [0.25, 0.3) is 15.9 Å². The summed E-state index contributed by atoms with van der Waals surface area (Å²) in [6, 6.07) is 10.8. The van der Waals surface area contributed by atoms with Crippen LogP contribution < -0.4 is 19.5 Å². The molecule has 0 saturated carbocycles. The van der Waals surface area contributed by atoms with Gasteiger partial charge in [-0.1, -0.05) is 6.07 Å². The van der Waals surface area contributed by atoms with Gasteiger partial charge in [-0.2, -0.15) is 0 Å². The smallest absolute Gasteiger partial charge is 0.263 e. The zero-order valence-corrected chi connectivity index (χ0v) is 16.6. The third-order valence-corrected chi connectivity index (χ3v) is 5.90. The molecule has 28 heavy (non-hydrogen) atoms. The number of para-hydroxylation sites is 1. The van der Waals surface area contributed by atoms with Gasteiger partial charge in [0, 0.05) is 17.3 Å². The van der Waals surface area contributed by atoms with Gasteiger partial charge in [0.05, 0.1) is 24.7 Å². The lowest BCUT2D eigenvalue weighted by Crippen LogP contribution is -2.15. The van der Waals surface area contributed by atoms with Crippen LogP contribution in [0.2, 0.25) is 0 Å². The maximum Gasteiger partial charge on any atom is 0.263 e. The molecule has 10 heteroatoms. The molecule has 146 valence electrons. The largest absolute Gasteiger partial charge is 0.493 e. The maximum atomic E-state index is 12.6. The minimum Gasteiger partial charge on any atom is -0.493 e. The summed E-state index contributed by atoms with van der Waals surface area (Å²) in [5.41, 5.74) is 0.729. The summed E-state index contributed by atoms with van der Waals surface area (Å²) in [4.78, 5) is 16.5. The number of benzene rings is 2. The van der Waals surface area contributed by atoms with Gasteiger partial charge in [0.1, 0.15) is 0 Å². The number of thiazole rings is 1. The number of nitrogens with zero attached hydrogens (tertiary/aromatic N) is 1. The number of amides is 1. The predicted molar refractivity (Wildman–Crippen MR) is 107 cm³/mol. The van der Waals surface area contributed by atoms with E-state index in [1.54, 1.807) is 23.6 Å². The van der Waals surface area contributed by atoms with E-state index in [0.29, 0.717) is 22.7 Å². The van der Waals surface area contributed by atoms with Crippen molar-refractivity contribution in [2.45, 2.75) is 4.90 Å². The number of rotatable bonds is 7. The van der Waals surface area contributed by atoms with Gasteiger partial charge in [0.15, 0.2) is 16.6 Å². The van der Waals surface area contributed by atoms with Gasteiger partial charge >= 0.3 is 0 Å². The first-order valence-corrected chi connectivity index (χ1v) is 10.4. The summed E-state index contributed by atoms with van der Waals surface area (Å²) < 4.78 is 37.5. The highest BCUT2D eigenvalue weighted by Crippen LogP contribution is 2.31. The third kappa shape index (κ3) is 4.24. The lowest BCUT2D eigenvalue weighted by Gasteiger charge is -2.13. The molecule has 0 bridgehead atoms. The normalized spacial score (nSPS) is 10.9. The second kappa shape index (κ2) is 8.28. The van der Waals surface area contributed by atoms with Gasteiger partial charge in [-0.3, -0.25) is 9.52 Å². The van der Waals surface area contributed by atoms with E-state index >= 15 is 0 Å². The highest BCUT2D eigenvalue weighted by Gasteiger charge is 2.18. The van der Waals surface area contributed by atoms with Crippen molar-refractivity contribution in [3.8, 4) is 11.5 Å². The van der Waals surface area contributed by atoms with Crippen molar-refractivity contribution in [1.82, 2.24) is 4.98 Å². The van der Waals surface area contributed by atoms with Crippen molar-refractivity contribution in [1.29, 1.82) is 0 Å². The highest BCUT2D eigenvalue weighted by atomic mass is 32.2. The number of nitrogens with one attached hydrogen (secondary N) is 2. The number of anilines is 2. The van der Waals surface area contributed by atoms with E-state index in [2.05, 4.69) is 15.0 Å². The average molecular weight is 419 g/mol. The van der Waals surface area contributed by atoms with Crippen molar-refractivity contribution in [2.75, 3.05) is 24.3 Å². The van der Waals surface area contributed by atoms with Crippen molar-refractivity contribution in [3.05, 3.63) is 59.6 Å². The van der Waals surface area contributed by atoms with Gasteiger partial charge in [-0.25, -0.2) is 13.4 Å². The molecule has 1 aromatic heterocycles. The van der Waals surface area contributed by atoms with Crippen LogP contribution in [-0.4, -0.2) is 33.5 Å². The Morgan fingerprint density at radius 2 is 1.82 bits per heavy atom. The van der Waals surface area contributed by atoms with Crippen LogP contribution in [0.4, 0.5) is 10.8 Å². The number of carbonyl (C=O) groups excluding carboxylic acids is 1. The van der Waals surface area contributed by atoms with Gasteiger partial charge < -0.3 is 14.8 Å². The van der Waals surface area contributed by atoms with Crippen LogP contribution in [-0.2, 0) is 10.0 Å². The molecule has 3 aromatic rings. The van der Waals surface area contributed by atoms with Crippen LogP contribution in [0.15, 0.2) is 58.9 Å². The van der Waals surface area contributed by atoms with Crippen molar-refractivity contribution >= 4 is 38.1 Å². The van der Waals surface area contributed by atoms with Crippen LogP contribution in [0, 0.1) is 0 Å². The number of hydrogen-bond donors (Lipinski definition) is 2. The Kier molecular flexibility index (Phi) is 5.81. The molecule has 0 saturated heterocycles. The van der Waals surface area contributed by atoms with E-state index in [1.165, 1.54) is 56.0 Å². The Morgan fingerprint density at radius 3 is 2.43 bits per heavy atom. The van der Waals surface area contributed by atoms with Crippen molar-refractivity contribution in [2.24, 2.45) is 0 Å². The Hall–Kier alpha value is -3.11. The molecule has 0 aliphatic carbocycles. The Labute approximate surface area is 166 Å². The SMILES string of the molecule is COc1cccc(C(=O)Nc2ccc(S(=O)(=O)Nc3nccs3)cc2)c1OC. The van der Waals surface area contributed by atoms with Crippen LogP contribution in [0.1, 0.15) is 10.4 Å². The number of aromatic nitrogens is 1. The molecule has 2 N–H and O–H groups in total. The zero-order chi connectivity index (χ0) is 20.1. The first-order valence-electron chi connectivity index (χ1n) is 7.99. The Balaban J connectivity index is 1.77. The molecule has 1 heterocycles. The summed E-state index contributed by atoms with van der Waals surface area (Å²) in [6.07, 6.45) is 1.51. The Bertz CT molecular complexity index is 1070. The molecule has 8 nitrogen and oxygen atoms in total. The predicted octanol–water partition coefficient (Wildman–Crippen LogP) is 3.21. The molecule has 0 atom stereocenters. The summed E-state index contributed by atoms with van der Waals surface area (Å²) >= 11 is 1.18. The fourth-order valence-corrected chi connectivity index (χ4v) is 4.22. The van der Waals surface area contributed by atoms with E-state index < -0.39 is 15.9 Å². The maximum absolute atomic E-state index is 12.6. The average Bonchev–Trinajstić information content (AvgIpc) is 3.19. The molecule has 0 fully saturated rings. The lowest BCUT2D eigenvalue weighted by molar-refractivity contribution is 0.102. The van der Waals surface area contributed by atoms with E-state index in [4.69, 9.17) is 9.47 Å². The Morgan fingerprint density at radius 1 is 1.07 bits per heavy atom. The molecular weight excluding hydrogens is 402 g/mol. The quantitative estimate of drug-likeness (QED) is 0.609. The van der Waals surface area contributed by atoms with Gasteiger partial charge in [0.2, 0.25) is 0 Å². The van der Waals surface area contributed by atoms with E-state index in [1.807, 2.05) is 0 Å². The molecule has 0 radical (unpaired) electrons. The molecule has 0 unspecified atom stereocenters. The number of hydrogen-bond acceptors (Lipinski definition) is 7. The first kappa shape index (κ1) is 19.6. The standard InChI is InChI=1S/C18H17N3O5S2/c1-25-15-5-3-4-14(16(15)26-2)17(22)20-12-6-8-13(9-7-12)28(23,24)21-18-19-10-11-27-18/h3-11H,1-2H3,(H,19,21)(H,20,22). The third-order valence-electron chi connectivity index (χ3n) is 3.72. The molecule has 0 aliphatic rings. The topological polar surface area (TPSA) is 107 Å². The van der Waals surface area contributed by atoms with Crippen LogP contribution in [0.5, 0.6) is 11.5 Å². The molecule has 0 spiro atoms.